The average molecular weight is 244 g/mol. The maximum atomic E-state index is 5.55. The maximum absolute atomic E-state index is 5.55. The number of hydrogen-bond donors (Lipinski definition) is 1. The molecule has 2 saturated heterocycles. The van der Waals surface area contributed by atoms with E-state index >= 15 is 0 Å². The summed E-state index contributed by atoms with van der Waals surface area (Å²) in [5, 5.41) is 4.46. The fourth-order valence-electron chi connectivity index (χ4n) is 1.90. The Morgan fingerprint density at radius 2 is 2.56 bits per heavy atom. The van der Waals surface area contributed by atoms with Crippen LogP contribution < -0.4 is 5.32 Å². The quantitative estimate of drug-likeness (QED) is 0.812. The molecule has 4 nitrogen and oxygen atoms in total. The van der Waals surface area contributed by atoms with Gasteiger partial charge in [-0.1, -0.05) is 11.8 Å². The van der Waals surface area contributed by atoms with Crippen LogP contribution in [0.2, 0.25) is 0 Å². The van der Waals surface area contributed by atoms with Gasteiger partial charge in [0.25, 0.3) is 0 Å². The maximum Gasteiger partial charge on any atom is 0.156 e. The van der Waals surface area contributed by atoms with E-state index in [4.69, 9.17) is 9.47 Å². The summed E-state index contributed by atoms with van der Waals surface area (Å²) in [5.41, 5.74) is -0.185. The van der Waals surface area contributed by atoms with E-state index < -0.39 is 0 Å². The highest BCUT2D eigenvalue weighted by molar-refractivity contribution is 8.13. The molecule has 0 spiro atoms. The molecule has 0 radical (unpaired) electrons. The molecule has 5 heteroatoms. The molecule has 0 aromatic heterocycles. The number of amidine groups is 1. The summed E-state index contributed by atoms with van der Waals surface area (Å²) in [6, 6.07) is 0.540. The second-order valence-corrected chi connectivity index (χ2v) is 5.58. The Morgan fingerprint density at radius 3 is 3.19 bits per heavy atom. The molecule has 0 bridgehead atoms. The normalized spacial score (nSPS) is 37.6. The van der Waals surface area contributed by atoms with E-state index in [0.29, 0.717) is 19.2 Å². The van der Waals surface area contributed by atoms with Crippen LogP contribution in [0.4, 0.5) is 0 Å². The zero-order chi connectivity index (χ0) is 11.4. The Kier molecular flexibility index (Phi) is 4.10. The highest BCUT2D eigenvalue weighted by atomic mass is 32.2. The van der Waals surface area contributed by atoms with E-state index in [-0.39, 0.29) is 5.60 Å². The van der Waals surface area contributed by atoms with Crippen molar-refractivity contribution < 1.29 is 9.47 Å². The van der Waals surface area contributed by atoms with Crippen LogP contribution in [-0.4, -0.2) is 49.4 Å². The number of hydrogen-bond acceptors (Lipinski definition) is 4. The zero-order valence-electron chi connectivity index (χ0n) is 9.99. The van der Waals surface area contributed by atoms with Gasteiger partial charge >= 0.3 is 0 Å². The van der Waals surface area contributed by atoms with Gasteiger partial charge in [-0.3, -0.25) is 4.99 Å². The van der Waals surface area contributed by atoms with Crippen molar-refractivity contribution in [3.05, 3.63) is 0 Å². The first-order valence-electron chi connectivity index (χ1n) is 5.81. The molecule has 2 atom stereocenters. The topological polar surface area (TPSA) is 42.8 Å². The summed E-state index contributed by atoms with van der Waals surface area (Å²) in [4.78, 5) is 4.62. The van der Waals surface area contributed by atoms with Crippen LogP contribution in [-0.2, 0) is 9.47 Å². The second-order valence-electron chi connectivity index (χ2n) is 4.49. The lowest BCUT2D eigenvalue weighted by atomic mass is 10.0. The number of ether oxygens (including phenoxy) is 2. The highest BCUT2D eigenvalue weighted by Gasteiger charge is 2.35. The highest BCUT2D eigenvalue weighted by Crippen LogP contribution is 2.23. The van der Waals surface area contributed by atoms with Crippen molar-refractivity contribution in [2.45, 2.75) is 31.4 Å². The second kappa shape index (κ2) is 5.38. The Labute approximate surface area is 101 Å². The summed E-state index contributed by atoms with van der Waals surface area (Å²) in [5.74, 6) is 1.16. The van der Waals surface area contributed by atoms with Crippen molar-refractivity contribution in [3.63, 3.8) is 0 Å². The third kappa shape index (κ3) is 2.90. The zero-order valence-corrected chi connectivity index (χ0v) is 10.8. The van der Waals surface area contributed by atoms with Crippen molar-refractivity contribution in [2.24, 2.45) is 4.99 Å². The Hall–Kier alpha value is -0.260. The molecular weight excluding hydrogens is 224 g/mol. The van der Waals surface area contributed by atoms with Crippen LogP contribution in [0.25, 0.3) is 0 Å². The van der Waals surface area contributed by atoms with Gasteiger partial charge in [-0.05, 0) is 13.3 Å². The molecule has 0 aromatic carbocycles. The minimum atomic E-state index is -0.185. The molecular formula is C11H20N2O2S. The number of nitrogens with zero attached hydrogens (tertiary/aromatic N) is 1. The van der Waals surface area contributed by atoms with Gasteiger partial charge in [0.1, 0.15) is 5.60 Å². The van der Waals surface area contributed by atoms with Gasteiger partial charge in [0.05, 0.1) is 13.2 Å². The molecule has 16 heavy (non-hydrogen) atoms. The number of methoxy groups -OCH3 is 1. The van der Waals surface area contributed by atoms with Crippen LogP contribution >= 0.6 is 11.8 Å². The molecule has 2 unspecified atom stereocenters. The van der Waals surface area contributed by atoms with Gasteiger partial charge in [0.2, 0.25) is 0 Å². The molecule has 2 rings (SSSR count). The standard InChI is InChI=1S/C11H20N2O2S/c1-9-3-6-16-10(13-9)12-7-11(14-2)4-5-15-8-11/h9H,3-8H2,1-2H3,(H,12,13). The van der Waals surface area contributed by atoms with E-state index in [1.54, 1.807) is 18.9 Å². The minimum absolute atomic E-state index is 0.185. The lowest BCUT2D eigenvalue weighted by Gasteiger charge is -2.26. The Morgan fingerprint density at radius 1 is 1.69 bits per heavy atom. The van der Waals surface area contributed by atoms with Gasteiger partial charge in [-0.2, -0.15) is 0 Å². The SMILES string of the molecule is COC1(CN=C2NC(C)CCS2)CCOC1. The van der Waals surface area contributed by atoms with Gasteiger partial charge in [-0.25, -0.2) is 0 Å². The number of thioether (sulfide) groups is 1. The predicted molar refractivity (Wildman–Crippen MR) is 67.2 cm³/mol. The minimum Gasteiger partial charge on any atom is -0.378 e. The molecule has 0 amide bonds. The van der Waals surface area contributed by atoms with Crippen molar-refractivity contribution in [2.75, 3.05) is 32.6 Å². The summed E-state index contributed by atoms with van der Waals surface area (Å²) < 4.78 is 10.9. The molecule has 2 aliphatic heterocycles. The number of aliphatic imine (C=N–C) groups is 1. The molecule has 1 N–H and O–H groups in total. The van der Waals surface area contributed by atoms with Crippen molar-refractivity contribution in [3.8, 4) is 0 Å². The summed E-state index contributed by atoms with van der Waals surface area (Å²) in [7, 11) is 1.75. The molecule has 2 fully saturated rings. The van der Waals surface area contributed by atoms with Gasteiger partial charge in [0.15, 0.2) is 5.17 Å². The van der Waals surface area contributed by atoms with Gasteiger partial charge in [0, 0.05) is 31.9 Å². The van der Waals surface area contributed by atoms with Crippen molar-refractivity contribution in [1.82, 2.24) is 5.32 Å². The fourth-order valence-corrected chi connectivity index (χ4v) is 3.01. The van der Waals surface area contributed by atoms with Gasteiger partial charge in [-0.15, -0.1) is 0 Å². The fraction of sp³-hybridized carbons (Fsp3) is 0.909. The van der Waals surface area contributed by atoms with Crippen molar-refractivity contribution in [1.29, 1.82) is 0 Å². The third-order valence-corrected chi connectivity index (χ3v) is 4.13. The van der Waals surface area contributed by atoms with Crippen LogP contribution in [0.1, 0.15) is 19.8 Å². The lowest BCUT2D eigenvalue weighted by Crippen LogP contribution is -2.39. The lowest BCUT2D eigenvalue weighted by molar-refractivity contribution is -0.00899. The largest absolute Gasteiger partial charge is 0.378 e. The summed E-state index contributed by atoms with van der Waals surface area (Å²) >= 11 is 1.80. The van der Waals surface area contributed by atoms with Gasteiger partial charge < -0.3 is 14.8 Å². The smallest absolute Gasteiger partial charge is 0.156 e. The van der Waals surface area contributed by atoms with E-state index in [1.165, 1.54) is 6.42 Å². The van der Waals surface area contributed by atoms with E-state index in [2.05, 4.69) is 17.2 Å². The molecule has 0 aliphatic carbocycles. The first-order valence-corrected chi connectivity index (χ1v) is 6.79. The molecule has 92 valence electrons. The Balaban J connectivity index is 1.91. The van der Waals surface area contributed by atoms with E-state index in [0.717, 1.165) is 23.9 Å². The van der Waals surface area contributed by atoms with Crippen LogP contribution in [0.3, 0.4) is 0 Å². The monoisotopic (exact) mass is 244 g/mol. The third-order valence-electron chi connectivity index (χ3n) is 3.17. The first-order chi connectivity index (χ1) is 7.74. The average Bonchev–Trinajstić information content (AvgIpc) is 2.76. The summed E-state index contributed by atoms with van der Waals surface area (Å²) in [6.07, 6.45) is 2.16. The van der Waals surface area contributed by atoms with Crippen LogP contribution in [0, 0.1) is 0 Å². The van der Waals surface area contributed by atoms with Crippen LogP contribution in [0.5, 0.6) is 0 Å². The van der Waals surface area contributed by atoms with E-state index in [1.807, 2.05) is 0 Å². The predicted octanol–water partition coefficient (Wildman–Crippen LogP) is 1.26. The number of rotatable bonds is 3. The molecule has 0 saturated carbocycles. The first kappa shape index (κ1) is 12.2. The van der Waals surface area contributed by atoms with Crippen molar-refractivity contribution >= 4 is 16.9 Å². The molecule has 0 aromatic rings. The van der Waals surface area contributed by atoms with E-state index in [9.17, 15) is 0 Å². The summed E-state index contributed by atoms with van der Waals surface area (Å²) in [6.45, 7) is 4.35. The molecule has 2 aliphatic rings. The molecule has 2 heterocycles. The Bertz CT molecular complexity index is 265. The number of nitrogens with one attached hydrogen (secondary N) is 1. The van der Waals surface area contributed by atoms with Crippen LogP contribution in [0.15, 0.2) is 4.99 Å².